The van der Waals surface area contributed by atoms with Crippen molar-refractivity contribution in [2.24, 2.45) is 0 Å². The van der Waals surface area contributed by atoms with Gasteiger partial charge in [0.2, 0.25) is 0 Å². The maximum atomic E-state index is 12.5. The zero-order chi connectivity index (χ0) is 20.2. The average Bonchev–Trinajstić information content (AvgIpc) is 3.35. The summed E-state index contributed by atoms with van der Waals surface area (Å²) >= 11 is 7.62. The van der Waals surface area contributed by atoms with Crippen LogP contribution >= 0.6 is 22.9 Å². The van der Waals surface area contributed by atoms with Gasteiger partial charge in [0.15, 0.2) is 10.8 Å². The molecular formula is C21H18ClN5OS. The second-order valence-electron chi connectivity index (χ2n) is 6.63. The van der Waals surface area contributed by atoms with Crippen LogP contribution in [0, 0.1) is 6.92 Å². The van der Waals surface area contributed by atoms with Crippen molar-refractivity contribution < 1.29 is 4.79 Å². The van der Waals surface area contributed by atoms with Crippen LogP contribution in [-0.2, 0) is 13.0 Å². The van der Waals surface area contributed by atoms with Gasteiger partial charge >= 0.3 is 0 Å². The van der Waals surface area contributed by atoms with Crippen LogP contribution in [0.15, 0.2) is 60.9 Å². The number of amides is 1. The highest BCUT2D eigenvalue weighted by molar-refractivity contribution is 7.15. The van der Waals surface area contributed by atoms with Crippen LogP contribution in [0.1, 0.15) is 32.1 Å². The Morgan fingerprint density at radius 3 is 2.79 bits per heavy atom. The molecule has 0 unspecified atom stereocenters. The van der Waals surface area contributed by atoms with Crippen molar-refractivity contribution in [1.82, 2.24) is 20.0 Å². The van der Waals surface area contributed by atoms with Crippen molar-refractivity contribution in [3.8, 4) is 0 Å². The molecule has 0 spiro atoms. The van der Waals surface area contributed by atoms with Gasteiger partial charge in [-0.15, -0.1) is 16.4 Å². The van der Waals surface area contributed by atoms with E-state index in [2.05, 4.69) is 20.6 Å². The summed E-state index contributed by atoms with van der Waals surface area (Å²) in [5.41, 5.74) is 3.49. The molecule has 0 saturated carbocycles. The number of benzene rings is 2. The van der Waals surface area contributed by atoms with Gasteiger partial charge in [-0.3, -0.25) is 10.1 Å². The van der Waals surface area contributed by atoms with Crippen molar-refractivity contribution in [2.45, 2.75) is 19.9 Å². The van der Waals surface area contributed by atoms with E-state index in [4.69, 9.17) is 11.6 Å². The lowest BCUT2D eigenvalue weighted by Gasteiger charge is -2.02. The number of nitrogens with one attached hydrogen (secondary N) is 1. The second kappa shape index (κ2) is 8.55. The van der Waals surface area contributed by atoms with Crippen molar-refractivity contribution in [2.75, 3.05) is 5.32 Å². The molecule has 2 aromatic heterocycles. The largest absolute Gasteiger partial charge is 0.296 e. The molecule has 8 heteroatoms. The molecule has 0 aliphatic rings. The van der Waals surface area contributed by atoms with Crippen LogP contribution in [0.4, 0.5) is 5.13 Å². The van der Waals surface area contributed by atoms with Gasteiger partial charge in [-0.2, -0.15) is 0 Å². The van der Waals surface area contributed by atoms with Crippen LogP contribution in [-0.4, -0.2) is 25.9 Å². The van der Waals surface area contributed by atoms with Gasteiger partial charge in [0.1, 0.15) is 0 Å². The van der Waals surface area contributed by atoms with Crippen LogP contribution < -0.4 is 5.32 Å². The first-order valence-corrected chi connectivity index (χ1v) is 10.2. The third-order valence-corrected chi connectivity index (χ3v) is 5.67. The highest BCUT2D eigenvalue weighted by Gasteiger charge is 2.13. The molecule has 29 heavy (non-hydrogen) atoms. The fourth-order valence-electron chi connectivity index (χ4n) is 2.81. The predicted molar refractivity (Wildman–Crippen MR) is 115 cm³/mol. The smallest absolute Gasteiger partial charge is 0.279 e. The minimum atomic E-state index is -0.330. The van der Waals surface area contributed by atoms with E-state index in [1.807, 2.05) is 55.5 Å². The fraction of sp³-hybridized carbons (Fsp3) is 0.143. The number of hydrogen-bond donors (Lipinski definition) is 1. The maximum Gasteiger partial charge on any atom is 0.279 e. The Morgan fingerprint density at radius 1 is 1.17 bits per heavy atom. The van der Waals surface area contributed by atoms with E-state index in [0.717, 1.165) is 26.6 Å². The number of carbonyl (C=O) groups is 1. The summed E-state index contributed by atoms with van der Waals surface area (Å²) in [6.07, 6.45) is 4.10. The van der Waals surface area contributed by atoms with E-state index in [9.17, 15) is 4.79 Å². The number of nitrogens with zero attached hydrogens (tertiary/aromatic N) is 4. The quantitative estimate of drug-likeness (QED) is 0.492. The molecule has 1 N–H and O–H groups in total. The third-order valence-electron chi connectivity index (χ3n) is 4.35. The molecule has 2 heterocycles. The third kappa shape index (κ3) is 4.88. The van der Waals surface area contributed by atoms with Gasteiger partial charge < -0.3 is 0 Å². The monoisotopic (exact) mass is 423 g/mol. The zero-order valence-electron chi connectivity index (χ0n) is 15.7. The number of anilines is 1. The molecule has 0 aliphatic carbocycles. The summed E-state index contributed by atoms with van der Waals surface area (Å²) in [7, 11) is 0. The SMILES string of the molecule is Cc1ccc(Cc2cnc(NC(=O)c3cn(Cc4ccccc4)nn3)s2)cc1Cl. The van der Waals surface area contributed by atoms with Crippen molar-refractivity contribution in [3.05, 3.63) is 93.2 Å². The van der Waals surface area contributed by atoms with Gasteiger partial charge in [-0.25, -0.2) is 9.67 Å². The molecule has 4 rings (SSSR count). The molecule has 6 nitrogen and oxygen atoms in total. The summed E-state index contributed by atoms with van der Waals surface area (Å²) in [5.74, 6) is -0.330. The minimum Gasteiger partial charge on any atom is -0.296 e. The first-order valence-electron chi connectivity index (χ1n) is 9.02. The predicted octanol–water partition coefficient (Wildman–Crippen LogP) is 4.59. The number of rotatable bonds is 6. The number of halogens is 1. The lowest BCUT2D eigenvalue weighted by Crippen LogP contribution is -2.12. The van der Waals surface area contributed by atoms with Crippen LogP contribution in [0.3, 0.4) is 0 Å². The van der Waals surface area contributed by atoms with E-state index in [0.29, 0.717) is 18.1 Å². The summed E-state index contributed by atoms with van der Waals surface area (Å²) in [5, 5.41) is 12.1. The molecule has 2 aromatic carbocycles. The van der Waals surface area contributed by atoms with Crippen molar-refractivity contribution >= 4 is 34.0 Å². The molecule has 0 atom stereocenters. The van der Waals surface area contributed by atoms with Gasteiger partial charge in [0.25, 0.3) is 5.91 Å². The van der Waals surface area contributed by atoms with Gasteiger partial charge in [-0.05, 0) is 29.7 Å². The van der Waals surface area contributed by atoms with Gasteiger partial charge in [0, 0.05) is 22.5 Å². The van der Waals surface area contributed by atoms with Crippen LogP contribution in [0.25, 0.3) is 0 Å². The number of aromatic nitrogens is 4. The Kier molecular flexibility index (Phi) is 5.69. The molecule has 0 radical (unpaired) electrons. The van der Waals surface area contributed by atoms with Crippen LogP contribution in [0.5, 0.6) is 0 Å². The molecule has 4 aromatic rings. The zero-order valence-corrected chi connectivity index (χ0v) is 17.2. The average molecular weight is 424 g/mol. The maximum absolute atomic E-state index is 12.5. The van der Waals surface area contributed by atoms with E-state index < -0.39 is 0 Å². The van der Waals surface area contributed by atoms with E-state index in [1.165, 1.54) is 11.3 Å². The topological polar surface area (TPSA) is 72.7 Å². The number of thiazole rings is 1. The Hall–Kier alpha value is -3.03. The molecule has 0 aliphatic heterocycles. The van der Waals surface area contributed by atoms with E-state index >= 15 is 0 Å². The lowest BCUT2D eigenvalue weighted by atomic mass is 10.1. The van der Waals surface area contributed by atoms with Crippen molar-refractivity contribution in [3.63, 3.8) is 0 Å². The number of carbonyl (C=O) groups excluding carboxylic acids is 1. The summed E-state index contributed by atoms with van der Waals surface area (Å²) in [6.45, 7) is 2.53. The molecule has 0 fully saturated rings. The number of hydrogen-bond acceptors (Lipinski definition) is 5. The highest BCUT2D eigenvalue weighted by Crippen LogP contribution is 2.24. The fourth-order valence-corrected chi connectivity index (χ4v) is 3.85. The van der Waals surface area contributed by atoms with Crippen LogP contribution in [0.2, 0.25) is 5.02 Å². The Bertz CT molecular complexity index is 1140. The molecule has 1 amide bonds. The molecule has 0 saturated heterocycles. The highest BCUT2D eigenvalue weighted by atomic mass is 35.5. The van der Waals surface area contributed by atoms with Crippen molar-refractivity contribution in [1.29, 1.82) is 0 Å². The van der Waals surface area contributed by atoms with Gasteiger partial charge in [-0.1, -0.05) is 59.3 Å². The molecule has 0 bridgehead atoms. The van der Waals surface area contributed by atoms with E-state index in [-0.39, 0.29) is 11.6 Å². The Balaban J connectivity index is 1.38. The Labute approximate surface area is 177 Å². The molecular weight excluding hydrogens is 406 g/mol. The molecule has 146 valence electrons. The Morgan fingerprint density at radius 2 is 2.00 bits per heavy atom. The lowest BCUT2D eigenvalue weighted by molar-refractivity contribution is 0.102. The van der Waals surface area contributed by atoms with E-state index in [1.54, 1.807) is 17.1 Å². The standard InChI is InChI=1S/C21H18ClN5OS/c1-14-7-8-16(10-18(14)22)9-17-11-23-21(29-17)24-20(28)19-13-27(26-25-19)12-15-5-3-2-4-6-15/h2-8,10-11,13H,9,12H2,1H3,(H,23,24,28). The summed E-state index contributed by atoms with van der Waals surface area (Å²) in [6, 6.07) is 15.9. The summed E-state index contributed by atoms with van der Waals surface area (Å²) < 4.78 is 1.64. The minimum absolute atomic E-state index is 0.253. The first kappa shape index (κ1) is 19.3. The number of aryl methyl sites for hydroxylation is 1. The first-order chi connectivity index (χ1) is 14.1. The summed E-state index contributed by atoms with van der Waals surface area (Å²) in [4.78, 5) is 17.8. The van der Waals surface area contributed by atoms with Gasteiger partial charge in [0.05, 0.1) is 12.7 Å². The second-order valence-corrected chi connectivity index (χ2v) is 8.16. The normalized spacial score (nSPS) is 10.8.